The summed E-state index contributed by atoms with van der Waals surface area (Å²) in [4.78, 5) is 17.7. The maximum absolute atomic E-state index is 12.6. The van der Waals surface area contributed by atoms with Crippen LogP contribution in [0.4, 0.5) is 0 Å². The molecule has 1 N–H and O–H groups in total. The molecular weight excluding hydrogens is 330 g/mol. The summed E-state index contributed by atoms with van der Waals surface area (Å²) in [7, 11) is 0. The Morgan fingerprint density at radius 2 is 2.26 bits per heavy atom. The fourth-order valence-corrected chi connectivity index (χ4v) is 4.54. The molecule has 0 aliphatic carbocycles. The molecule has 1 aliphatic heterocycles. The SMILES string of the molecule is Cc1cn2c(n1)CC[C@@H](NC(=O)c1sc3ccccc3c1Cl)C2. The molecule has 4 nitrogen and oxygen atoms in total. The normalized spacial score (nSPS) is 17.2. The van der Waals surface area contributed by atoms with Gasteiger partial charge >= 0.3 is 0 Å². The molecule has 3 heterocycles. The van der Waals surface area contributed by atoms with Crippen molar-refractivity contribution in [3.05, 3.63) is 51.9 Å². The van der Waals surface area contributed by atoms with E-state index >= 15 is 0 Å². The van der Waals surface area contributed by atoms with Crippen molar-refractivity contribution in [1.29, 1.82) is 0 Å². The number of nitrogens with one attached hydrogen (secondary N) is 1. The first-order valence-corrected chi connectivity index (χ1v) is 8.82. The number of carbonyl (C=O) groups is 1. The van der Waals surface area contributed by atoms with Gasteiger partial charge in [0.1, 0.15) is 10.7 Å². The summed E-state index contributed by atoms with van der Waals surface area (Å²) in [5.74, 6) is 1.02. The number of hydrogen-bond donors (Lipinski definition) is 1. The lowest BCUT2D eigenvalue weighted by molar-refractivity contribution is 0.0932. The molecule has 0 fully saturated rings. The molecule has 1 atom stereocenters. The maximum Gasteiger partial charge on any atom is 0.263 e. The summed E-state index contributed by atoms with van der Waals surface area (Å²) in [6, 6.07) is 7.95. The monoisotopic (exact) mass is 345 g/mol. The minimum Gasteiger partial charge on any atom is -0.347 e. The summed E-state index contributed by atoms with van der Waals surface area (Å²) in [5, 5.41) is 4.62. The van der Waals surface area contributed by atoms with Crippen molar-refractivity contribution in [2.75, 3.05) is 0 Å². The lowest BCUT2D eigenvalue weighted by Gasteiger charge is -2.24. The first-order chi connectivity index (χ1) is 11.1. The zero-order chi connectivity index (χ0) is 16.0. The van der Waals surface area contributed by atoms with Crippen LogP contribution in [0.1, 0.15) is 27.6 Å². The highest BCUT2D eigenvalue weighted by atomic mass is 35.5. The largest absolute Gasteiger partial charge is 0.347 e. The smallest absolute Gasteiger partial charge is 0.263 e. The molecule has 23 heavy (non-hydrogen) atoms. The minimum absolute atomic E-state index is 0.0820. The molecular formula is C17H16ClN3OS. The zero-order valence-corrected chi connectivity index (χ0v) is 14.2. The summed E-state index contributed by atoms with van der Waals surface area (Å²) in [6.07, 6.45) is 3.84. The van der Waals surface area contributed by atoms with Crippen LogP contribution in [0.25, 0.3) is 10.1 Å². The second-order valence-corrected chi connectivity index (χ2v) is 7.33. The Labute approximate surface area is 143 Å². The van der Waals surface area contributed by atoms with Gasteiger partial charge in [-0.3, -0.25) is 4.79 Å². The lowest BCUT2D eigenvalue weighted by Crippen LogP contribution is -2.40. The Balaban J connectivity index is 1.55. The Hall–Kier alpha value is -1.85. The molecule has 3 aromatic rings. The van der Waals surface area contributed by atoms with E-state index in [9.17, 15) is 4.79 Å². The van der Waals surface area contributed by atoms with E-state index in [1.165, 1.54) is 11.3 Å². The van der Waals surface area contributed by atoms with Gasteiger partial charge in [0.25, 0.3) is 5.91 Å². The zero-order valence-electron chi connectivity index (χ0n) is 12.7. The van der Waals surface area contributed by atoms with E-state index in [2.05, 4.69) is 14.9 Å². The molecule has 2 aromatic heterocycles. The molecule has 1 aromatic carbocycles. The molecule has 0 saturated carbocycles. The van der Waals surface area contributed by atoms with Crippen molar-refractivity contribution in [2.45, 2.75) is 32.4 Å². The number of aromatic nitrogens is 2. The van der Waals surface area contributed by atoms with Crippen molar-refractivity contribution in [2.24, 2.45) is 0 Å². The molecule has 118 valence electrons. The van der Waals surface area contributed by atoms with Crippen LogP contribution in [0.15, 0.2) is 30.5 Å². The van der Waals surface area contributed by atoms with Gasteiger partial charge in [0, 0.05) is 35.3 Å². The van der Waals surface area contributed by atoms with Crippen LogP contribution in [0, 0.1) is 6.92 Å². The van der Waals surface area contributed by atoms with Gasteiger partial charge in [-0.15, -0.1) is 11.3 Å². The summed E-state index contributed by atoms with van der Waals surface area (Å²) >= 11 is 7.84. The number of carbonyl (C=O) groups excluding carboxylic acids is 1. The first kappa shape index (κ1) is 14.7. The number of rotatable bonds is 2. The van der Waals surface area contributed by atoms with Crippen LogP contribution in [0.5, 0.6) is 0 Å². The van der Waals surface area contributed by atoms with Crippen molar-refractivity contribution in [3.8, 4) is 0 Å². The third-order valence-electron chi connectivity index (χ3n) is 4.19. The van der Waals surface area contributed by atoms with Gasteiger partial charge in [-0.1, -0.05) is 29.8 Å². The average molecular weight is 346 g/mol. The molecule has 1 aliphatic rings. The average Bonchev–Trinajstić information content (AvgIpc) is 3.07. The van der Waals surface area contributed by atoms with Gasteiger partial charge < -0.3 is 9.88 Å². The van der Waals surface area contributed by atoms with Crippen LogP contribution < -0.4 is 5.32 Å². The van der Waals surface area contributed by atoms with Gasteiger partial charge in [0.2, 0.25) is 0 Å². The number of hydrogen-bond acceptors (Lipinski definition) is 3. The second kappa shape index (κ2) is 5.65. The summed E-state index contributed by atoms with van der Waals surface area (Å²) < 4.78 is 3.18. The van der Waals surface area contributed by atoms with E-state index in [1.807, 2.05) is 37.4 Å². The maximum atomic E-state index is 12.6. The highest BCUT2D eigenvalue weighted by Gasteiger charge is 2.24. The second-order valence-electron chi connectivity index (χ2n) is 5.90. The van der Waals surface area contributed by atoms with Gasteiger partial charge in [0.15, 0.2) is 0 Å². The number of amides is 1. The van der Waals surface area contributed by atoms with E-state index < -0.39 is 0 Å². The standard InChI is InChI=1S/C17H16ClN3OS/c1-10-8-21-9-11(6-7-14(21)19-10)20-17(22)16-15(18)12-4-2-3-5-13(12)23-16/h2-5,8,11H,6-7,9H2,1H3,(H,20,22)/t11-/m1/s1. The topological polar surface area (TPSA) is 46.9 Å². The minimum atomic E-state index is -0.0820. The number of fused-ring (bicyclic) bond motifs is 2. The van der Waals surface area contributed by atoms with Crippen LogP contribution in [-0.2, 0) is 13.0 Å². The van der Waals surface area contributed by atoms with Crippen LogP contribution in [0.3, 0.4) is 0 Å². The molecule has 0 unspecified atom stereocenters. The van der Waals surface area contributed by atoms with E-state index in [-0.39, 0.29) is 11.9 Å². The lowest BCUT2D eigenvalue weighted by atomic mass is 10.1. The third-order valence-corrected chi connectivity index (χ3v) is 5.86. The van der Waals surface area contributed by atoms with Crippen LogP contribution in [-0.4, -0.2) is 21.5 Å². The Kier molecular flexibility index (Phi) is 3.62. The number of thiophene rings is 1. The molecule has 0 radical (unpaired) electrons. The third kappa shape index (κ3) is 2.64. The van der Waals surface area contributed by atoms with Gasteiger partial charge in [-0.05, 0) is 19.4 Å². The van der Waals surface area contributed by atoms with Gasteiger partial charge in [0.05, 0.1) is 10.7 Å². The van der Waals surface area contributed by atoms with E-state index in [4.69, 9.17) is 11.6 Å². The number of aryl methyl sites for hydroxylation is 2. The van der Waals surface area contributed by atoms with Crippen molar-refractivity contribution < 1.29 is 4.79 Å². The fourth-order valence-electron chi connectivity index (χ4n) is 3.12. The van der Waals surface area contributed by atoms with Crippen LogP contribution >= 0.6 is 22.9 Å². The summed E-state index contributed by atoms with van der Waals surface area (Å²) in [5.41, 5.74) is 1.03. The molecule has 0 saturated heterocycles. The molecule has 6 heteroatoms. The van der Waals surface area contributed by atoms with Gasteiger partial charge in [-0.25, -0.2) is 4.98 Å². The van der Waals surface area contributed by atoms with Crippen molar-refractivity contribution in [1.82, 2.24) is 14.9 Å². The van der Waals surface area contributed by atoms with E-state index in [0.717, 1.165) is 41.0 Å². The predicted octanol–water partition coefficient (Wildman–Crippen LogP) is 3.80. The first-order valence-electron chi connectivity index (χ1n) is 7.62. The highest BCUT2D eigenvalue weighted by molar-refractivity contribution is 7.21. The van der Waals surface area contributed by atoms with E-state index in [1.54, 1.807) is 0 Å². The van der Waals surface area contributed by atoms with Crippen molar-refractivity contribution in [3.63, 3.8) is 0 Å². The highest BCUT2D eigenvalue weighted by Crippen LogP contribution is 2.35. The molecule has 4 rings (SSSR count). The Morgan fingerprint density at radius 3 is 3.09 bits per heavy atom. The predicted molar refractivity (Wildman–Crippen MR) is 93.4 cm³/mol. The van der Waals surface area contributed by atoms with Crippen LogP contribution in [0.2, 0.25) is 5.02 Å². The van der Waals surface area contributed by atoms with E-state index in [0.29, 0.717) is 9.90 Å². The Morgan fingerprint density at radius 1 is 1.43 bits per heavy atom. The number of halogens is 1. The van der Waals surface area contributed by atoms with Crippen molar-refractivity contribution >= 4 is 38.9 Å². The Bertz CT molecular complexity index is 899. The quantitative estimate of drug-likeness (QED) is 0.767. The molecule has 0 spiro atoms. The molecule has 0 bridgehead atoms. The fraction of sp³-hybridized carbons (Fsp3) is 0.294. The number of imidazole rings is 1. The number of nitrogens with zero attached hydrogens (tertiary/aromatic N) is 2. The summed E-state index contributed by atoms with van der Waals surface area (Å²) in [6.45, 7) is 2.76. The molecule has 1 amide bonds. The van der Waals surface area contributed by atoms with Gasteiger partial charge in [-0.2, -0.15) is 0 Å². The number of benzene rings is 1.